The SMILES string of the molecule is CCOC(=O)Nc1cnccc1N(C)C. The Bertz CT molecular complexity index is 339. The molecule has 1 heterocycles. The van der Waals surface area contributed by atoms with Crippen LogP contribution in [0.25, 0.3) is 0 Å². The number of anilines is 2. The molecule has 0 saturated heterocycles. The van der Waals surface area contributed by atoms with E-state index in [0.29, 0.717) is 12.3 Å². The van der Waals surface area contributed by atoms with Crippen LogP contribution in [0.1, 0.15) is 6.92 Å². The quantitative estimate of drug-likeness (QED) is 0.823. The number of hydrogen-bond donors (Lipinski definition) is 1. The molecule has 15 heavy (non-hydrogen) atoms. The first kappa shape index (κ1) is 11.3. The van der Waals surface area contributed by atoms with Crippen molar-refractivity contribution in [3.8, 4) is 0 Å². The highest BCUT2D eigenvalue weighted by atomic mass is 16.5. The molecule has 1 N–H and O–H groups in total. The van der Waals surface area contributed by atoms with Crippen molar-refractivity contribution in [3.05, 3.63) is 18.5 Å². The van der Waals surface area contributed by atoms with Crippen LogP contribution >= 0.6 is 0 Å². The summed E-state index contributed by atoms with van der Waals surface area (Å²) in [4.78, 5) is 17.0. The zero-order valence-electron chi connectivity index (χ0n) is 9.15. The van der Waals surface area contributed by atoms with E-state index >= 15 is 0 Å². The summed E-state index contributed by atoms with van der Waals surface area (Å²) in [6.07, 6.45) is 2.80. The Labute approximate surface area is 89.1 Å². The van der Waals surface area contributed by atoms with Gasteiger partial charge in [0.2, 0.25) is 0 Å². The molecule has 0 unspecified atom stereocenters. The normalized spacial score (nSPS) is 9.53. The predicted molar refractivity (Wildman–Crippen MR) is 59.2 cm³/mol. The van der Waals surface area contributed by atoms with E-state index in [1.165, 1.54) is 0 Å². The molecule has 0 aliphatic heterocycles. The lowest BCUT2D eigenvalue weighted by atomic mass is 10.3. The summed E-state index contributed by atoms with van der Waals surface area (Å²) >= 11 is 0. The van der Waals surface area contributed by atoms with Crippen LogP contribution in [0, 0.1) is 0 Å². The molecule has 1 aromatic rings. The van der Waals surface area contributed by atoms with Crippen LogP contribution in [-0.4, -0.2) is 31.8 Å². The van der Waals surface area contributed by atoms with Crippen molar-refractivity contribution in [1.82, 2.24) is 4.98 Å². The summed E-state index contributed by atoms with van der Waals surface area (Å²) in [6, 6.07) is 1.82. The lowest BCUT2D eigenvalue weighted by Gasteiger charge is -2.16. The summed E-state index contributed by atoms with van der Waals surface area (Å²) in [6.45, 7) is 2.11. The van der Waals surface area contributed by atoms with Crippen LogP contribution < -0.4 is 10.2 Å². The van der Waals surface area contributed by atoms with E-state index in [0.717, 1.165) is 5.69 Å². The number of carbonyl (C=O) groups is 1. The molecule has 0 spiro atoms. The van der Waals surface area contributed by atoms with E-state index in [-0.39, 0.29) is 0 Å². The number of hydrogen-bond acceptors (Lipinski definition) is 4. The number of aromatic nitrogens is 1. The summed E-state index contributed by atoms with van der Waals surface area (Å²) < 4.78 is 4.78. The lowest BCUT2D eigenvalue weighted by Crippen LogP contribution is -2.17. The van der Waals surface area contributed by atoms with Gasteiger partial charge in [0.05, 0.1) is 24.2 Å². The molecule has 1 rings (SSSR count). The molecular weight excluding hydrogens is 194 g/mol. The number of ether oxygens (including phenoxy) is 1. The molecule has 0 bridgehead atoms. The lowest BCUT2D eigenvalue weighted by molar-refractivity contribution is 0.168. The topological polar surface area (TPSA) is 54.5 Å². The van der Waals surface area contributed by atoms with Gasteiger partial charge in [-0.05, 0) is 13.0 Å². The first-order valence-electron chi connectivity index (χ1n) is 4.70. The summed E-state index contributed by atoms with van der Waals surface area (Å²) in [5.41, 5.74) is 1.53. The van der Waals surface area contributed by atoms with Gasteiger partial charge in [0.1, 0.15) is 0 Å². The van der Waals surface area contributed by atoms with Gasteiger partial charge in [-0.2, -0.15) is 0 Å². The second kappa shape index (κ2) is 5.19. The Morgan fingerprint density at radius 1 is 1.60 bits per heavy atom. The summed E-state index contributed by atoms with van der Waals surface area (Å²) in [7, 11) is 3.79. The van der Waals surface area contributed by atoms with E-state index < -0.39 is 6.09 Å². The standard InChI is InChI=1S/C10H15N3O2/c1-4-15-10(14)12-8-7-11-6-5-9(8)13(2)3/h5-7H,4H2,1-3H3,(H,12,14). The average molecular weight is 209 g/mol. The van der Waals surface area contributed by atoms with Gasteiger partial charge in [0, 0.05) is 20.3 Å². The van der Waals surface area contributed by atoms with E-state index in [1.54, 1.807) is 19.3 Å². The first-order valence-corrected chi connectivity index (χ1v) is 4.70. The third-order valence-electron chi connectivity index (χ3n) is 1.79. The van der Waals surface area contributed by atoms with Gasteiger partial charge >= 0.3 is 6.09 Å². The molecule has 0 aliphatic carbocycles. The van der Waals surface area contributed by atoms with Gasteiger partial charge in [-0.1, -0.05) is 0 Å². The Morgan fingerprint density at radius 2 is 2.33 bits per heavy atom. The maximum absolute atomic E-state index is 11.2. The fraction of sp³-hybridized carbons (Fsp3) is 0.400. The number of pyridine rings is 1. The molecule has 0 aromatic carbocycles. The van der Waals surface area contributed by atoms with Gasteiger partial charge in [0.25, 0.3) is 0 Å². The van der Waals surface area contributed by atoms with E-state index in [4.69, 9.17) is 4.74 Å². The second-order valence-electron chi connectivity index (χ2n) is 3.13. The highest BCUT2D eigenvalue weighted by Crippen LogP contribution is 2.22. The van der Waals surface area contributed by atoms with Gasteiger partial charge in [-0.25, -0.2) is 4.79 Å². The minimum atomic E-state index is -0.464. The predicted octanol–water partition coefficient (Wildman–Crippen LogP) is 1.72. The van der Waals surface area contributed by atoms with Crippen molar-refractivity contribution in [2.75, 3.05) is 30.9 Å². The average Bonchev–Trinajstić information content (AvgIpc) is 2.18. The fourth-order valence-corrected chi connectivity index (χ4v) is 1.15. The Morgan fingerprint density at radius 3 is 2.93 bits per heavy atom. The maximum atomic E-state index is 11.2. The third-order valence-corrected chi connectivity index (χ3v) is 1.79. The molecule has 5 heteroatoms. The molecule has 1 aromatic heterocycles. The zero-order valence-corrected chi connectivity index (χ0v) is 9.15. The minimum Gasteiger partial charge on any atom is -0.450 e. The second-order valence-corrected chi connectivity index (χ2v) is 3.13. The van der Waals surface area contributed by atoms with E-state index in [9.17, 15) is 4.79 Å². The van der Waals surface area contributed by atoms with Crippen molar-refractivity contribution in [2.24, 2.45) is 0 Å². The van der Waals surface area contributed by atoms with Crippen LogP contribution in [0.4, 0.5) is 16.2 Å². The van der Waals surface area contributed by atoms with Gasteiger partial charge < -0.3 is 9.64 Å². The van der Waals surface area contributed by atoms with Crippen molar-refractivity contribution >= 4 is 17.5 Å². The minimum absolute atomic E-state index is 0.351. The monoisotopic (exact) mass is 209 g/mol. The van der Waals surface area contributed by atoms with Gasteiger partial charge in [0.15, 0.2) is 0 Å². The van der Waals surface area contributed by atoms with Crippen LogP contribution in [0.5, 0.6) is 0 Å². The largest absolute Gasteiger partial charge is 0.450 e. The zero-order chi connectivity index (χ0) is 11.3. The molecular formula is C10H15N3O2. The molecule has 0 fully saturated rings. The summed E-state index contributed by atoms with van der Waals surface area (Å²) in [5, 5.41) is 2.63. The molecule has 0 radical (unpaired) electrons. The third kappa shape index (κ3) is 3.12. The van der Waals surface area contributed by atoms with Crippen molar-refractivity contribution in [3.63, 3.8) is 0 Å². The van der Waals surface area contributed by atoms with Crippen LogP contribution in [0.2, 0.25) is 0 Å². The van der Waals surface area contributed by atoms with Crippen molar-refractivity contribution in [2.45, 2.75) is 6.92 Å². The van der Waals surface area contributed by atoms with Gasteiger partial charge in [-0.3, -0.25) is 10.3 Å². The number of rotatable bonds is 3. The molecule has 5 nitrogen and oxygen atoms in total. The molecule has 0 saturated carbocycles. The molecule has 1 amide bonds. The highest BCUT2D eigenvalue weighted by Gasteiger charge is 2.07. The molecule has 0 aliphatic rings. The summed E-state index contributed by atoms with van der Waals surface area (Å²) in [5.74, 6) is 0. The number of carbonyl (C=O) groups excluding carboxylic acids is 1. The molecule has 82 valence electrons. The van der Waals surface area contributed by atoms with Crippen LogP contribution in [-0.2, 0) is 4.74 Å². The van der Waals surface area contributed by atoms with Crippen LogP contribution in [0.3, 0.4) is 0 Å². The smallest absolute Gasteiger partial charge is 0.411 e. The Balaban J connectivity index is 2.80. The van der Waals surface area contributed by atoms with Crippen LogP contribution in [0.15, 0.2) is 18.5 Å². The van der Waals surface area contributed by atoms with Crippen molar-refractivity contribution in [1.29, 1.82) is 0 Å². The Kier molecular flexibility index (Phi) is 3.91. The van der Waals surface area contributed by atoms with Gasteiger partial charge in [-0.15, -0.1) is 0 Å². The number of amides is 1. The molecule has 0 atom stereocenters. The Hall–Kier alpha value is -1.78. The first-order chi connectivity index (χ1) is 7.15. The number of nitrogens with zero attached hydrogens (tertiary/aromatic N) is 2. The van der Waals surface area contributed by atoms with Crippen molar-refractivity contribution < 1.29 is 9.53 Å². The maximum Gasteiger partial charge on any atom is 0.411 e. The fourth-order valence-electron chi connectivity index (χ4n) is 1.15. The van der Waals surface area contributed by atoms with E-state index in [2.05, 4.69) is 10.3 Å². The van der Waals surface area contributed by atoms with E-state index in [1.807, 2.05) is 25.1 Å². The number of nitrogens with one attached hydrogen (secondary N) is 1. The highest BCUT2D eigenvalue weighted by molar-refractivity contribution is 5.89.